The van der Waals surface area contributed by atoms with Crippen LogP contribution in [0.4, 0.5) is 16.4 Å². The monoisotopic (exact) mass is 457 g/mol. The highest BCUT2D eigenvalue weighted by molar-refractivity contribution is 7.99. The number of anilines is 2. The van der Waals surface area contributed by atoms with Crippen molar-refractivity contribution in [3.05, 3.63) is 42.5 Å². The van der Waals surface area contributed by atoms with E-state index in [-0.39, 0.29) is 0 Å². The Bertz CT molecular complexity index is 1040. The number of nitrogens with one attached hydrogen (secondary N) is 2. The molecule has 2 aromatic carbocycles. The molecule has 1 saturated heterocycles. The number of imidazole rings is 1. The van der Waals surface area contributed by atoms with Crippen molar-refractivity contribution in [1.82, 2.24) is 14.3 Å². The van der Waals surface area contributed by atoms with Gasteiger partial charge in [0.2, 0.25) is 5.95 Å². The van der Waals surface area contributed by atoms with E-state index < -0.39 is 6.09 Å². The number of benzene rings is 2. The van der Waals surface area contributed by atoms with E-state index in [0.29, 0.717) is 18.0 Å². The first-order chi connectivity index (χ1) is 15.0. The number of carbonyl (C=O) groups excluding carboxylic acids is 1. The Hall–Kier alpha value is -2.36. The fourth-order valence-corrected chi connectivity index (χ4v) is 5.70. The fourth-order valence-electron chi connectivity index (χ4n) is 4.00. The molecule has 0 spiro atoms. The zero-order valence-corrected chi connectivity index (χ0v) is 19.7. The summed E-state index contributed by atoms with van der Waals surface area (Å²) in [4.78, 5) is 23.6. The number of fused-ring (bicyclic) bond motifs is 1. The summed E-state index contributed by atoms with van der Waals surface area (Å²) in [6.07, 6.45) is 1.61. The van der Waals surface area contributed by atoms with Gasteiger partial charge in [0.15, 0.2) is 0 Å². The van der Waals surface area contributed by atoms with Crippen LogP contribution in [0.15, 0.2) is 52.3 Å². The number of H-pyrrole nitrogens is 1. The van der Waals surface area contributed by atoms with Gasteiger partial charge in [0, 0.05) is 40.7 Å². The number of hydrogen-bond acceptors (Lipinski definition) is 7. The van der Waals surface area contributed by atoms with Crippen molar-refractivity contribution < 1.29 is 9.53 Å². The van der Waals surface area contributed by atoms with Gasteiger partial charge in [0.25, 0.3) is 0 Å². The Labute approximate surface area is 191 Å². The average molecular weight is 458 g/mol. The molecule has 164 valence electrons. The lowest BCUT2D eigenvalue weighted by Crippen LogP contribution is -2.53. The molecule has 1 fully saturated rings. The maximum absolute atomic E-state index is 11.4. The number of carbonyl (C=O) groups is 1. The summed E-state index contributed by atoms with van der Waals surface area (Å²) >= 11 is 3.53. The largest absolute Gasteiger partial charge is 0.453 e. The van der Waals surface area contributed by atoms with Crippen molar-refractivity contribution in [2.45, 2.75) is 35.7 Å². The zero-order valence-electron chi connectivity index (χ0n) is 18.1. The summed E-state index contributed by atoms with van der Waals surface area (Å²) in [7, 11) is 1.32. The lowest BCUT2D eigenvalue weighted by atomic mass is 10.1. The number of nitrogens with zero attached hydrogens (tertiary/aromatic N) is 3. The highest BCUT2D eigenvalue weighted by atomic mass is 32.2. The number of piperazine rings is 1. The van der Waals surface area contributed by atoms with Crippen LogP contribution >= 0.6 is 23.7 Å². The highest BCUT2D eigenvalue weighted by Gasteiger charge is 2.29. The van der Waals surface area contributed by atoms with Gasteiger partial charge in [-0.25, -0.2) is 14.1 Å². The number of methoxy groups -OCH3 is 1. The fraction of sp³-hybridized carbons (Fsp3) is 0.364. The molecule has 7 nitrogen and oxygen atoms in total. The first-order valence-electron chi connectivity index (χ1n) is 10.2. The van der Waals surface area contributed by atoms with Gasteiger partial charge in [-0.2, -0.15) is 0 Å². The van der Waals surface area contributed by atoms with E-state index in [2.05, 4.69) is 73.6 Å². The van der Waals surface area contributed by atoms with E-state index in [1.807, 2.05) is 30.1 Å². The summed E-state index contributed by atoms with van der Waals surface area (Å²) in [5.74, 6) is 0.373. The molecule has 1 aliphatic heterocycles. The Morgan fingerprint density at radius 1 is 1.13 bits per heavy atom. The second kappa shape index (κ2) is 9.42. The third kappa shape index (κ3) is 4.94. The maximum Gasteiger partial charge on any atom is 0.413 e. The molecule has 1 aliphatic rings. The second-order valence-electron chi connectivity index (χ2n) is 7.62. The minimum atomic E-state index is -0.549. The minimum Gasteiger partial charge on any atom is -0.453 e. The third-order valence-electron chi connectivity index (χ3n) is 5.35. The van der Waals surface area contributed by atoms with Crippen molar-refractivity contribution in [3.8, 4) is 0 Å². The topological polar surface area (TPSA) is 73.5 Å². The van der Waals surface area contributed by atoms with E-state index in [9.17, 15) is 4.79 Å². The molecule has 2 unspecified atom stereocenters. The van der Waals surface area contributed by atoms with Crippen molar-refractivity contribution in [3.63, 3.8) is 0 Å². The molecule has 0 bridgehead atoms. The van der Waals surface area contributed by atoms with E-state index in [1.165, 1.54) is 17.7 Å². The Morgan fingerprint density at radius 3 is 2.45 bits per heavy atom. The van der Waals surface area contributed by atoms with Crippen molar-refractivity contribution in [2.75, 3.05) is 36.7 Å². The number of rotatable bonds is 5. The molecular formula is C22H27N5O2S2. The predicted molar refractivity (Wildman–Crippen MR) is 129 cm³/mol. The van der Waals surface area contributed by atoms with E-state index in [0.717, 1.165) is 29.0 Å². The summed E-state index contributed by atoms with van der Waals surface area (Å²) < 4.78 is 7.09. The second-order valence-corrected chi connectivity index (χ2v) is 9.56. The van der Waals surface area contributed by atoms with Gasteiger partial charge in [-0.3, -0.25) is 5.32 Å². The van der Waals surface area contributed by atoms with Crippen LogP contribution < -0.4 is 10.2 Å². The van der Waals surface area contributed by atoms with Gasteiger partial charge < -0.3 is 14.6 Å². The molecule has 31 heavy (non-hydrogen) atoms. The van der Waals surface area contributed by atoms with E-state index in [1.54, 1.807) is 11.8 Å². The van der Waals surface area contributed by atoms with Crippen LogP contribution in [-0.4, -0.2) is 58.9 Å². The zero-order chi connectivity index (χ0) is 22.0. The summed E-state index contributed by atoms with van der Waals surface area (Å²) in [5, 5.41) is 2.56. The Morgan fingerprint density at radius 2 is 1.81 bits per heavy atom. The highest BCUT2D eigenvalue weighted by Crippen LogP contribution is 2.32. The predicted octanol–water partition coefficient (Wildman–Crippen LogP) is 5.07. The Kier molecular flexibility index (Phi) is 6.64. The summed E-state index contributed by atoms with van der Waals surface area (Å²) in [5.41, 5.74) is 2.92. The Balaban J connectivity index is 1.44. The molecule has 0 saturated carbocycles. The molecule has 2 atom stereocenters. The number of aromatic amines is 1. The van der Waals surface area contributed by atoms with Crippen LogP contribution in [0, 0.1) is 0 Å². The maximum atomic E-state index is 11.4. The van der Waals surface area contributed by atoms with Crippen molar-refractivity contribution in [2.24, 2.45) is 0 Å². The first-order valence-corrected chi connectivity index (χ1v) is 12.2. The van der Waals surface area contributed by atoms with Gasteiger partial charge in [0.1, 0.15) is 0 Å². The lowest BCUT2D eigenvalue weighted by Gasteiger charge is -2.44. The third-order valence-corrected chi connectivity index (χ3v) is 7.49. The number of ether oxygens (including phenoxy) is 1. The van der Waals surface area contributed by atoms with Crippen LogP contribution in [0.3, 0.4) is 0 Å². The standard InChI is InChI=1S/C22H27N5O2S2/c1-14-12-26(13-15(2)27(14)30-4)16-5-7-17(8-6-16)31-18-9-10-19-20(11-18)24-21(23-19)25-22(28)29-3/h5-11,14-15H,12-13H2,1-4H3,(H2,23,24,25,28). The summed E-state index contributed by atoms with van der Waals surface area (Å²) in [6, 6.07) is 15.8. The molecule has 2 N–H and O–H groups in total. The molecule has 2 heterocycles. The van der Waals surface area contributed by atoms with Gasteiger partial charge in [-0.05, 0) is 62.6 Å². The number of aromatic nitrogens is 2. The SMILES string of the molecule is COC(=O)Nc1nc2cc(Sc3ccc(N4CC(C)N(SC)C(C)C4)cc3)ccc2[nH]1. The van der Waals surface area contributed by atoms with Gasteiger partial charge in [-0.1, -0.05) is 23.7 Å². The first kappa shape index (κ1) is 21.9. The van der Waals surface area contributed by atoms with Crippen molar-refractivity contribution in [1.29, 1.82) is 0 Å². The molecule has 0 radical (unpaired) electrons. The molecule has 3 aromatic rings. The molecular weight excluding hydrogens is 430 g/mol. The van der Waals surface area contributed by atoms with Gasteiger partial charge in [0.05, 0.1) is 18.1 Å². The number of amides is 1. The van der Waals surface area contributed by atoms with Crippen LogP contribution in [-0.2, 0) is 4.74 Å². The molecule has 9 heteroatoms. The summed E-state index contributed by atoms with van der Waals surface area (Å²) in [6.45, 7) is 6.66. The molecule has 1 amide bonds. The normalized spacial score (nSPS) is 19.5. The lowest BCUT2D eigenvalue weighted by molar-refractivity contribution is 0.186. The van der Waals surface area contributed by atoms with Crippen LogP contribution in [0.5, 0.6) is 0 Å². The molecule has 0 aliphatic carbocycles. The van der Waals surface area contributed by atoms with Crippen molar-refractivity contribution >= 4 is 52.5 Å². The van der Waals surface area contributed by atoms with Crippen LogP contribution in [0.1, 0.15) is 13.8 Å². The molecule has 4 rings (SSSR count). The minimum absolute atomic E-state index is 0.373. The van der Waals surface area contributed by atoms with E-state index in [4.69, 9.17) is 0 Å². The van der Waals surface area contributed by atoms with Gasteiger partial charge >= 0.3 is 6.09 Å². The quantitative estimate of drug-likeness (QED) is 0.518. The molecule has 1 aromatic heterocycles. The number of hydrogen-bond donors (Lipinski definition) is 2. The van der Waals surface area contributed by atoms with Crippen LogP contribution in [0.2, 0.25) is 0 Å². The van der Waals surface area contributed by atoms with Crippen LogP contribution in [0.25, 0.3) is 11.0 Å². The smallest absolute Gasteiger partial charge is 0.413 e. The van der Waals surface area contributed by atoms with Gasteiger partial charge in [-0.15, -0.1) is 0 Å². The average Bonchev–Trinajstić information content (AvgIpc) is 3.15. The van der Waals surface area contributed by atoms with E-state index >= 15 is 0 Å².